The van der Waals surface area contributed by atoms with E-state index in [-0.39, 0.29) is 5.82 Å². The van der Waals surface area contributed by atoms with Crippen LogP contribution >= 0.6 is 0 Å². The molecule has 2 N–H and O–H groups in total. The molecule has 10 nitrogen and oxygen atoms in total. The van der Waals surface area contributed by atoms with Gasteiger partial charge in [-0.1, -0.05) is 0 Å². The third-order valence-corrected chi connectivity index (χ3v) is 7.11. The number of likely N-dealkylation sites (tertiary alicyclic amines) is 1. The van der Waals surface area contributed by atoms with Gasteiger partial charge in [0, 0.05) is 48.6 Å². The van der Waals surface area contributed by atoms with Crippen LogP contribution in [0.2, 0.25) is 0 Å². The summed E-state index contributed by atoms with van der Waals surface area (Å²) in [7, 11) is 1.87. The fraction of sp³-hybridized carbons (Fsp3) is 0.250. The van der Waals surface area contributed by atoms with Crippen LogP contribution in [0.1, 0.15) is 12.8 Å². The summed E-state index contributed by atoms with van der Waals surface area (Å²) in [4.78, 5) is 19.5. The number of H-pyrrole nitrogens is 2. The number of nitrogens with zero attached hydrogens (tertiary/aromatic N) is 7. The van der Waals surface area contributed by atoms with E-state index < -0.39 is 0 Å². The van der Waals surface area contributed by atoms with Crippen molar-refractivity contribution in [2.75, 3.05) is 26.2 Å². The van der Waals surface area contributed by atoms with Crippen molar-refractivity contribution in [3.05, 3.63) is 60.9 Å². The molecule has 39 heavy (non-hydrogen) atoms. The van der Waals surface area contributed by atoms with E-state index in [2.05, 4.69) is 35.1 Å². The van der Waals surface area contributed by atoms with E-state index in [0.717, 1.165) is 47.4 Å². The zero-order valence-electron chi connectivity index (χ0n) is 21.4. The maximum Gasteiger partial charge on any atom is 0.160 e. The van der Waals surface area contributed by atoms with Crippen molar-refractivity contribution in [2.24, 2.45) is 7.05 Å². The number of hydrogen-bond acceptors (Lipinski definition) is 7. The molecule has 5 aromatic heterocycles. The van der Waals surface area contributed by atoms with Gasteiger partial charge in [-0.15, -0.1) is 0 Å². The Morgan fingerprint density at radius 1 is 1.05 bits per heavy atom. The summed E-state index contributed by atoms with van der Waals surface area (Å²) >= 11 is 0. The molecular weight excluding hydrogens is 497 g/mol. The summed E-state index contributed by atoms with van der Waals surface area (Å²) in [6.07, 6.45) is 9.57. The number of nitrogens with one attached hydrogen (secondary N) is 2. The molecule has 6 aromatic rings. The number of imidazole rings is 1. The average molecular weight is 524 g/mol. The fourth-order valence-electron chi connectivity index (χ4n) is 5.16. The zero-order chi connectivity index (χ0) is 26.3. The molecule has 1 aliphatic rings. The number of pyridine rings is 2. The molecule has 1 aliphatic heterocycles. The topological polar surface area (TPSA) is 113 Å². The van der Waals surface area contributed by atoms with Crippen molar-refractivity contribution < 1.29 is 9.13 Å². The molecule has 0 amide bonds. The maximum atomic E-state index is 14.7. The molecule has 1 saturated heterocycles. The summed E-state index contributed by atoms with van der Waals surface area (Å²) in [5.41, 5.74) is 5.75. The largest absolute Gasteiger partial charge is 0.492 e. The first kappa shape index (κ1) is 23.5. The minimum atomic E-state index is -0.363. The highest BCUT2D eigenvalue weighted by Crippen LogP contribution is 2.33. The number of halogens is 1. The van der Waals surface area contributed by atoms with Crippen LogP contribution in [-0.4, -0.2) is 71.1 Å². The lowest BCUT2D eigenvalue weighted by Crippen LogP contribution is -2.25. The smallest absolute Gasteiger partial charge is 0.160 e. The molecular formula is C28H26FN9O. The first-order valence-corrected chi connectivity index (χ1v) is 12.9. The molecule has 0 bridgehead atoms. The standard InChI is InChI=1S/C28H26FN9O/c1-37-16-18(14-32-37)23-13-22-24(15-31-23)35-36-26(22)28-33-25-21(4-5-30-27(25)34-28)17-10-19(29)12-20(11-17)39-9-8-38-6-2-3-7-38/h4-5,10-16H,2-3,6-9H2,1H3,(H,35,36)(H,30,33,34). The van der Waals surface area contributed by atoms with E-state index in [0.29, 0.717) is 40.6 Å². The van der Waals surface area contributed by atoms with Crippen LogP contribution in [0.5, 0.6) is 5.75 Å². The highest BCUT2D eigenvalue weighted by Gasteiger charge is 2.18. The lowest BCUT2D eigenvalue weighted by molar-refractivity contribution is 0.237. The van der Waals surface area contributed by atoms with E-state index in [1.807, 2.05) is 31.4 Å². The highest BCUT2D eigenvalue weighted by atomic mass is 19.1. The predicted molar refractivity (Wildman–Crippen MR) is 146 cm³/mol. The Hall–Kier alpha value is -4.64. The van der Waals surface area contributed by atoms with Crippen molar-refractivity contribution >= 4 is 22.1 Å². The summed E-state index contributed by atoms with van der Waals surface area (Å²) in [5, 5.41) is 12.6. The molecule has 7 rings (SSSR count). The normalized spacial score (nSPS) is 14.1. The van der Waals surface area contributed by atoms with E-state index >= 15 is 0 Å². The van der Waals surface area contributed by atoms with Gasteiger partial charge in [-0.25, -0.2) is 14.4 Å². The van der Waals surface area contributed by atoms with Gasteiger partial charge in [0.2, 0.25) is 0 Å². The minimum Gasteiger partial charge on any atom is -0.492 e. The summed E-state index contributed by atoms with van der Waals surface area (Å²) in [6.45, 7) is 3.55. The van der Waals surface area contributed by atoms with E-state index in [9.17, 15) is 4.39 Å². The number of ether oxygens (including phenoxy) is 1. The van der Waals surface area contributed by atoms with Gasteiger partial charge < -0.3 is 9.72 Å². The van der Waals surface area contributed by atoms with Crippen LogP contribution in [-0.2, 0) is 7.05 Å². The van der Waals surface area contributed by atoms with Crippen molar-refractivity contribution in [2.45, 2.75) is 12.8 Å². The molecule has 1 aromatic carbocycles. The molecule has 6 heterocycles. The summed E-state index contributed by atoms with van der Waals surface area (Å²) in [6, 6.07) is 8.57. The molecule has 1 fully saturated rings. The predicted octanol–water partition coefficient (Wildman–Crippen LogP) is 4.58. The molecule has 196 valence electrons. The van der Waals surface area contributed by atoms with Gasteiger partial charge in [0.15, 0.2) is 11.5 Å². The molecule has 0 aliphatic carbocycles. The zero-order valence-corrected chi connectivity index (χ0v) is 21.4. The number of aromatic nitrogens is 8. The number of rotatable bonds is 7. The van der Waals surface area contributed by atoms with Gasteiger partial charge >= 0.3 is 0 Å². The lowest BCUT2D eigenvalue weighted by Gasteiger charge is -2.15. The average Bonchev–Trinajstić information content (AvgIpc) is 3.74. The molecule has 0 saturated carbocycles. The third-order valence-electron chi connectivity index (χ3n) is 7.11. The number of benzene rings is 1. The van der Waals surface area contributed by atoms with Gasteiger partial charge in [0.1, 0.15) is 29.4 Å². The molecule has 0 unspecified atom stereocenters. The summed E-state index contributed by atoms with van der Waals surface area (Å²) < 4.78 is 22.3. The van der Waals surface area contributed by atoms with E-state index in [1.165, 1.54) is 25.0 Å². The molecule has 0 spiro atoms. The Bertz CT molecular complexity index is 1800. The van der Waals surface area contributed by atoms with Crippen LogP contribution in [0.15, 0.2) is 55.1 Å². The number of aryl methyl sites for hydroxylation is 1. The van der Waals surface area contributed by atoms with Crippen molar-refractivity contribution in [3.63, 3.8) is 0 Å². The van der Waals surface area contributed by atoms with Gasteiger partial charge in [-0.3, -0.25) is 19.7 Å². The number of hydrogen-bond donors (Lipinski definition) is 2. The Balaban J connectivity index is 1.23. The second-order valence-corrected chi connectivity index (χ2v) is 9.80. The quantitative estimate of drug-likeness (QED) is 0.315. The monoisotopic (exact) mass is 523 g/mol. The van der Waals surface area contributed by atoms with Crippen molar-refractivity contribution in [1.82, 2.24) is 44.8 Å². The molecule has 0 atom stereocenters. The summed E-state index contributed by atoms with van der Waals surface area (Å²) in [5.74, 6) is 0.690. The lowest BCUT2D eigenvalue weighted by atomic mass is 10.1. The SMILES string of the molecule is Cn1cc(-c2cc3c(-c4nc5c(-c6cc(F)cc(OCCN7CCCC7)c6)ccnc5[nH]4)n[nH]c3cn2)cn1. The molecule has 11 heteroatoms. The van der Waals surface area contributed by atoms with Crippen molar-refractivity contribution in [3.8, 4) is 39.7 Å². The first-order valence-electron chi connectivity index (χ1n) is 12.9. The second kappa shape index (κ2) is 9.59. The van der Waals surface area contributed by atoms with Gasteiger partial charge in [0.05, 0.1) is 23.6 Å². The molecule has 0 radical (unpaired) electrons. The van der Waals surface area contributed by atoms with Gasteiger partial charge in [-0.05, 0) is 55.8 Å². The Morgan fingerprint density at radius 2 is 1.95 bits per heavy atom. The minimum absolute atomic E-state index is 0.363. The van der Waals surface area contributed by atoms with E-state index in [4.69, 9.17) is 9.72 Å². The number of fused-ring (bicyclic) bond motifs is 2. The van der Waals surface area contributed by atoms with Gasteiger partial charge in [-0.2, -0.15) is 10.2 Å². The van der Waals surface area contributed by atoms with Crippen molar-refractivity contribution in [1.29, 1.82) is 0 Å². The third kappa shape index (κ3) is 4.50. The second-order valence-electron chi connectivity index (χ2n) is 9.80. The first-order chi connectivity index (χ1) is 19.1. The van der Waals surface area contributed by atoms with Crippen LogP contribution in [0, 0.1) is 5.82 Å². The Labute approximate surface area is 222 Å². The Kier molecular flexibility index (Phi) is 5.77. The van der Waals surface area contributed by atoms with Crippen LogP contribution in [0.25, 0.3) is 56.0 Å². The fourth-order valence-corrected chi connectivity index (χ4v) is 5.16. The van der Waals surface area contributed by atoms with Gasteiger partial charge in [0.25, 0.3) is 0 Å². The van der Waals surface area contributed by atoms with Crippen LogP contribution in [0.4, 0.5) is 4.39 Å². The van der Waals surface area contributed by atoms with Crippen LogP contribution < -0.4 is 4.74 Å². The Morgan fingerprint density at radius 3 is 2.79 bits per heavy atom. The van der Waals surface area contributed by atoms with E-state index in [1.54, 1.807) is 23.3 Å². The highest BCUT2D eigenvalue weighted by molar-refractivity contribution is 5.96. The maximum absolute atomic E-state index is 14.7. The van der Waals surface area contributed by atoms with Crippen LogP contribution in [0.3, 0.4) is 0 Å². The number of aromatic amines is 2.